The molecule has 0 bridgehead atoms. The van der Waals surface area contributed by atoms with Crippen LogP contribution in [0.1, 0.15) is 107 Å². The number of hydrogen-bond acceptors (Lipinski definition) is 2. The molecule has 0 spiro atoms. The van der Waals surface area contributed by atoms with E-state index in [-0.39, 0.29) is 12.5 Å². The Hall–Kier alpha value is -1.14. The van der Waals surface area contributed by atoms with Crippen molar-refractivity contribution in [1.29, 1.82) is 0 Å². The van der Waals surface area contributed by atoms with Crippen LogP contribution in [0.2, 0.25) is 0 Å². The average Bonchev–Trinajstić information content (AvgIpc) is 2.80. The zero-order valence-corrected chi connectivity index (χ0v) is 19.9. The lowest BCUT2D eigenvalue weighted by atomic mass is 9.79. The van der Waals surface area contributed by atoms with Gasteiger partial charge in [-0.25, -0.2) is 8.78 Å². The number of ether oxygens (including phenoxy) is 1. The van der Waals surface area contributed by atoms with Crippen molar-refractivity contribution in [3.8, 4) is 0 Å². The van der Waals surface area contributed by atoms with E-state index in [0.29, 0.717) is 74.8 Å². The van der Waals surface area contributed by atoms with Gasteiger partial charge in [-0.2, -0.15) is 8.78 Å². The Labute approximate surface area is 196 Å². The fourth-order valence-electron chi connectivity index (χ4n) is 5.72. The molecule has 0 saturated heterocycles. The lowest BCUT2D eigenvalue weighted by molar-refractivity contribution is -0.301. The number of unbranched alkanes of at least 4 members (excludes halogenated alkanes) is 2. The first-order valence-corrected chi connectivity index (χ1v) is 13.0. The van der Waals surface area contributed by atoms with Crippen molar-refractivity contribution in [2.75, 3.05) is 6.61 Å². The van der Waals surface area contributed by atoms with E-state index in [1.54, 1.807) is 12.1 Å². The normalized spacial score (nSPS) is 26.5. The van der Waals surface area contributed by atoms with Gasteiger partial charge >= 0.3 is 6.11 Å². The summed E-state index contributed by atoms with van der Waals surface area (Å²) in [4.78, 5) is 0. The van der Waals surface area contributed by atoms with Gasteiger partial charge in [0.25, 0.3) is 0 Å². The topological polar surface area (TPSA) is 29.5 Å². The second kappa shape index (κ2) is 12.5. The van der Waals surface area contributed by atoms with E-state index in [9.17, 15) is 17.6 Å². The smallest absolute Gasteiger partial charge is 0.358 e. The molecule has 2 fully saturated rings. The molecule has 3 rings (SSSR count). The Bertz CT molecular complexity index is 723. The zero-order valence-electron chi connectivity index (χ0n) is 19.9. The average molecular weight is 473 g/mol. The molecule has 0 aromatic heterocycles. The molecule has 33 heavy (non-hydrogen) atoms. The molecule has 0 amide bonds. The first-order chi connectivity index (χ1) is 15.9. The van der Waals surface area contributed by atoms with Crippen molar-refractivity contribution in [2.45, 2.75) is 115 Å². The van der Waals surface area contributed by atoms with E-state index in [2.05, 4.69) is 6.92 Å². The Balaban J connectivity index is 1.50. The van der Waals surface area contributed by atoms with E-state index >= 15 is 0 Å². The van der Waals surface area contributed by atoms with Crippen LogP contribution in [0.25, 0.3) is 0 Å². The van der Waals surface area contributed by atoms with Gasteiger partial charge < -0.3 is 9.84 Å². The van der Waals surface area contributed by atoms with Crippen LogP contribution in [0.15, 0.2) is 12.1 Å². The van der Waals surface area contributed by atoms with Crippen molar-refractivity contribution < 1.29 is 27.4 Å². The second-order valence-electron chi connectivity index (χ2n) is 10.1. The molecule has 188 valence electrons. The summed E-state index contributed by atoms with van der Waals surface area (Å²) >= 11 is 0. The summed E-state index contributed by atoms with van der Waals surface area (Å²) in [5.74, 6) is -1.89. The van der Waals surface area contributed by atoms with Crippen LogP contribution in [-0.2, 0) is 11.2 Å². The lowest BCUT2D eigenvalue weighted by Gasteiger charge is -2.37. The minimum atomic E-state index is -3.11. The highest BCUT2D eigenvalue weighted by atomic mass is 19.3. The van der Waals surface area contributed by atoms with Crippen LogP contribution in [0.3, 0.4) is 0 Å². The molecular weight excluding hydrogens is 432 g/mol. The first kappa shape index (κ1) is 26.5. The predicted molar refractivity (Wildman–Crippen MR) is 122 cm³/mol. The Kier molecular flexibility index (Phi) is 10.0. The number of halogens is 4. The number of aliphatic hydroxyl groups excluding tert-OH is 1. The molecule has 0 aliphatic heterocycles. The summed E-state index contributed by atoms with van der Waals surface area (Å²) in [5.41, 5.74) is 0.713. The molecule has 2 aliphatic carbocycles. The summed E-state index contributed by atoms with van der Waals surface area (Å²) in [6.07, 6.45) is 5.83. The number of alkyl halides is 2. The van der Waals surface area contributed by atoms with Crippen LogP contribution in [0, 0.1) is 23.5 Å². The van der Waals surface area contributed by atoms with E-state index < -0.39 is 29.8 Å². The SMILES string of the molecule is CCCC1CCC(C(F)(F)OC2CCC(c3ccc(CCCCCO)c(F)c3F)CC2)CC1. The van der Waals surface area contributed by atoms with Gasteiger partial charge in [0.1, 0.15) is 0 Å². The van der Waals surface area contributed by atoms with Crippen molar-refractivity contribution >= 4 is 0 Å². The Morgan fingerprint density at radius 1 is 0.909 bits per heavy atom. The second-order valence-corrected chi connectivity index (χ2v) is 10.1. The number of rotatable bonds is 11. The van der Waals surface area contributed by atoms with Gasteiger partial charge in [0, 0.05) is 6.61 Å². The maximum absolute atomic E-state index is 14.8. The summed E-state index contributed by atoms with van der Waals surface area (Å²) in [5, 5.41) is 8.83. The van der Waals surface area contributed by atoms with Crippen LogP contribution in [0.5, 0.6) is 0 Å². The maximum Gasteiger partial charge on any atom is 0.358 e. The quantitative estimate of drug-likeness (QED) is 0.262. The summed E-state index contributed by atoms with van der Waals surface area (Å²) in [7, 11) is 0. The van der Waals surface area contributed by atoms with Crippen LogP contribution < -0.4 is 0 Å². The molecule has 2 saturated carbocycles. The largest absolute Gasteiger partial charge is 0.396 e. The van der Waals surface area contributed by atoms with Gasteiger partial charge in [0.2, 0.25) is 0 Å². The van der Waals surface area contributed by atoms with Crippen LogP contribution in [-0.4, -0.2) is 23.9 Å². The van der Waals surface area contributed by atoms with E-state index in [0.717, 1.165) is 32.1 Å². The minimum absolute atomic E-state index is 0.105. The highest BCUT2D eigenvalue weighted by Crippen LogP contribution is 2.44. The summed E-state index contributed by atoms with van der Waals surface area (Å²) in [6.45, 7) is 2.24. The zero-order chi connectivity index (χ0) is 23.8. The van der Waals surface area contributed by atoms with Crippen LogP contribution >= 0.6 is 0 Å². The van der Waals surface area contributed by atoms with Gasteiger partial charge in [-0.05, 0) is 93.6 Å². The van der Waals surface area contributed by atoms with Gasteiger partial charge in [-0.1, -0.05) is 38.3 Å². The van der Waals surface area contributed by atoms with Crippen molar-refractivity contribution in [3.63, 3.8) is 0 Å². The van der Waals surface area contributed by atoms with Crippen molar-refractivity contribution in [1.82, 2.24) is 0 Å². The van der Waals surface area contributed by atoms with Gasteiger partial charge in [-0.3, -0.25) is 0 Å². The lowest BCUT2D eigenvalue weighted by Crippen LogP contribution is -2.39. The molecule has 0 radical (unpaired) electrons. The predicted octanol–water partition coefficient (Wildman–Crippen LogP) is 7.91. The molecule has 2 nitrogen and oxygen atoms in total. The molecule has 1 aromatic carbocycles. The highest BCUT2D eigenvalue weighted by Gasteiger charge is 2.44. The van der Waals surface area contributed by atoms with Gasteiger partial charge in [-0.15, -0.1) is 0 Å². The van der Waals surface area contributed by atoms with E-state index in [1.165, 1.54) is 0 Å². The standard InChI is InChI=1S/C27H40F4O2/c1-2-6-19-8-13-22(14-9-19)27(30,31)33-23-15-10-20(11-16-23)24-17-12-21(25(28)26(24)29)7-4-3-5-18-32/h12,17,19-20,22-23,32H,2-11,13-16,18H2,1H3. The number of benzene rings is 1. The fourth-order valence-corrected chi connectivity index (χ4v) is 5.72. The number of hydrogen-bond donors (Lipinski definition) is 1. The molecule has 1 aromatic rings. The summed E-state index contributed by atoms with van der Waals surface area (Å²) < 4.78 is 64.2. The minimum Gasteiger partial charge on any atom is -0.396 e. The molecule has 0 atom stereocenters. The van der Waals surface area contributed by atoms with Crippen molar-refractivity contribution in [3.05, 3.63) is 34.9 Å². The Morgan fingerprint density at radius 2 is 1.61 bits per heavy atom. The molecule has 0 heterocycles. The number of aliphatic hydroxyl groups is 1. The van der Waals surface area contributed by atoms with Gasteiger partial charge in [0.05, 0.1) is 12.0 Å². The van der Waals surface area contributed by atoms with E-state index in [4.69, 9.17) is 9.84 Å². The van der Waals surface area contributed by atoms with Gasteiger partial charge in [0.15, 0.2) is 11.6 Å². The molecule has 1 N–H and O–H groups in total. The third-order valence-electron chi connectivity index (χ3n) is 7.75. The first-order valence-electron chi connectivity index (χ1n) is 13.0. The van der Waals surface area contributed by atoms with Crippen molar-refractivity contribution in [2.24, 2.45) is 11.8 Å². The third-order valence-corrected chi connectivity index (χ3v) is 7.75. The third kappa shape index (κ3) is 7.17. The highest BCUT2D eigenvalue weighted by molar-refractivity contribution is 5.29. The molecule has 2 aliphatic rings. The molecular formula is C27H40F4O2. The molecule has 0 unspecified atom stereocenters. The molecule has 6 heteroatoms. The number of aryl methyl sites for hydroxylation is 1. The van der Waals surface area contributed by atoms with E-state index in [1.807, 2.05) is 0 Å². The maximum atomic E-state index is 14.8. The Morgan fingerprint density at radius 3 is 2.24 bits per heavy atom. The summed E-state index contributed by atoms with van der Waals surface area (Å²) in [6, 6.07) is 3.31. The fraction of sp³-hybridized carbons (Fsp3) is 0.778. The monoisotopic (exact) mass is 472 g/mol. The van der Waals surface area contributed by atoms with Crippen LogP contribution in [0.4, 0.5) is 17.6 Å².